The summed E-state index contributed by atoms with van der Waals surface area (Å²) in [6, 6.07) is 2.55. The quantitative estimate of drug-likeness (QED) is 0.799. The fraction of sp³-hybridized carbons (Fsp3) is 0.500. The normalized spacial score (nSPS) is 19.0. The molecule has 0 aromatic heterocycles. The van der Waals surface area contributed by atoms with Gasteiger partial charge < -0.3 is 4.90 Å². The summed E-state index contributed by atoms with van der Waals surface area (Å²) in [6.45, 7) is 4.05. The van der Waals surface area contributed by atoms with E-state index in [2.05, 4.69) is 0 Å². The molecule has 0 radical (unpaired) electrons. The van der Waals surface area contributed by atoms with E-state index in [1.165, 1.54) is 13.0 Å². The maximum absolute atomic E-state index is 13.9. The molecule has 4 nitrogen and oxygen atoms in total. The Balaban J connectivity index is 2.45. The minimum atomic E-state index is -4.23. The average molecular weight is 334 g/mol. The average Bonchev–Trinajstić information content (AvgIpc) is 2.87. The van der Waals surface area contributed by atoms with Gasteiger partial charge in [0, 0.05) is 28.8 Å². The first-order valence-corrected chi connectivity index (χ1v) is 9.12. The number of amides is 1. The lowest BCUT2D eigenvalue weighted by atomic mass is 10.1. The van der Waals surface area contributed by atoms with E-state index < -0.39 is 19.8 Å². The van der Waals surface area contributed by atoms with E-state index in [0.717, 1.165) is 25.3 Å². The van der Waals surface area contributed by atoms with Crippen molar-refractivity contribution in [3.8, 4) is 0 Å². The number of benzene rings is 1. The van der Waals surface area contributed by atoms with Gasteiger partial charge in [-0.15, -0.1) is 0 Å². The van der Waals surface area contributed by atoms with Gasteiger partial charge in [-0.1, -0.05) is 6.92 Å². The number of rotatable bonds is 3. The highest BCUT2D eigenvalue weighted by Gasteiger charge is 2.29. The van der Waals surface area contributed by atoms with Crippen molar-refractivity contribution in [1.29, 1.82) is 0 Å². The third-order valence-electron chi connectivity index (χ3n) is 3.84. The van der Waals surface area contributed by atoms with Crippen LogP contribution in [0, 0.1) is 12.7 Å². The number of carbonyl (C=O) groups excluding carboxylic acids is 1. The van der Waals surface area contributed by atoms with Crippen LogP contribution in [0.1, 0.15) is 42.1 Å². The summed E-state index contributed by atoms with van der Waals surface area (Å²) in [6.07, 6.45) is 2.70. The van der Waals surface area contributed by atoms with Crippen LogP contribution in [0.15, 0.2) is 17.0 Å². The largest absolute Gasteiger partial charge is 0.336 e. The predicted molar refractivity (Wildman–Crippen MR) is 78.5 cm³/mol. The van der Waals surface area contributed by atoms with Crippen LogP contribution in [-0.2, 0) is 9.05 Å². The fourth-order valence-corrected chi connectivity index (χ4v) is 3.71. The summed E-state index contributed by atoms with van der Waals surface area (Å²) in [5, 5.41) is 0. The van der Waals surface area contributed by atoms with Gasteiger partial charge in [0.15, 0.2) is 0 Å². The molecule has 0 aliphatic carbocycles. The van der Waals surface area contributed by atoms with Crippen molar-refractivity contribution in [2.24, 2.45) is 0 Å². The van der Waals surface area contributed by atoms with E-state index >= 15 is 0 Å². The molecule has 1 aliphatic heterocycles. The van der Waals surface area contributed by atoms with Crippen LogP contribution in [0.3, 0.4) is 0 Å². The number of hydrogen-bond donors (Lipinski definition) is 0. The monoisotopic (exact) mass is 333 g/mol. The van der Waals surface area contributed by atoms with Crippen LogP contribution in [0.4, 0.5) is 4.39 Å². The van der Waals surface area contributed by atoms with E-state index in [-0.39, 0.29) is 23.1 Å². The molecule has 0 saturated carbocycles. The van der Waals surface area contributed by atoms with Crippen LogP contribution < -0.4 is 0 Å². The van der Waals surface area contributed by atoms with Gasteiger partial charge in [-0.2, -0.15) is 0 Å². The first-order valence-electron chi connectivity index (χ1n) is 6.81. The molecule has 1 heterocycles. The minimum absolute atomic E-state index is 0.0901. The third-order valence-corrected chi connectivity index (χ3v) is 5.16. The van der Waals surface area contributed by atoms with Crippen molar-refractivity contribution >= 4 is 25.6 Å². The van der Waals surface area contributed by atoms with Gasteiger partial charge in [-0.25, -0.2) is 12.8 Å². The maximum Gasteiger partial charge on any atom is 0.264 e. The number of nitrogens with zero attached hydrogens (tertiary/aromatic N) is 1. The molecule has 21 heavy (non-hydrogen) atoms. The third kappa shape index (κ3) is 3.21. The molecule has 0 N–H and O–H groups in total. The van der Waals surface area contributed by atoms with E-state index in [4.69, 9.17) is 10.7 Å². The molecule has 1 unspecified atom stereocenters. The van der Waals surface area contributed by atoms with Crippen LogP contribution in [-0.4, -0.2) is 31.8 Å². The van der Waals surface area contributed by atoms with Gasteiger partial charge in [-0.3, -0.25) is 4.79 Å². The van der Waals surface area contributed by atoms with Gasteiger partial charge in [-0.05, 0) is 43.9 Å². The Bertz CT molecular complexity index is 675. The number of hydrogen-bond acceptors (Lipinski definition) is 3. The molecule has 1 aromatic carbocycles. The fourth-order valence-electron chi connectivity index (χ4n) is 2.73. The van der Waals surface area contributed by atoms with Crippen LogP contribution >= 0.6 is 10.7 Å². The summed E-state index contributed by atoms with van der Waals surface area (Å²) in [5.74, 6) is -1.18. The molecule has 1 atom stereocenters. The Morgan fingerprint density at radius 2 is 2.14 bits per heavy atom. The van der Waals surface area contributed by atoms with Gasteiger partial charge in [0.2, 0.25) is 0 Å². The van der Waals surface area contributed by atoms with Crippen molar-refractivity contribution in [1.82, 2.24) is 4.90 Å². The molecule has 1 saturated heterocycles. The number of aryl methyl sites for hydroxylation is 1. The Kier molecular flexibility index (Phi) is 4.58. The summed E-state index contributed by atoms with van der Waals surface area (Å²) >= 11 is 0. The Hall–Kier alpha value is -1.14. The molecular weight excluding hydrogens is 317 g/mol. The van der Waals surface area contributed by atoms with Crippen molar-refractivity contribution < 1.29 is 17.6 Å². The zero-order valence-electron chi connectivity index (χ0n) is 11.9. The summed E-state index contributed by atoms with van der Waals surface area (Å²) in [5.41, 5.74) is 0.251. The minimum Gasteiger partial charge on any atom is -0.336 e. The Morgan fingerprint density at radius 3 is 2.71 bits per heavy atom. The highest BCUT2D eigenvalue weighted by Crippen LogP contribution is 2.27. The van der Waals surface area contributed by atoms with Gasteiger partial charge >= 0.3 is 0 Å². The second-order valence-electron chi connectivity index (χ2n) is 5.25. The lowest BCUT2D eigenvalue weighted by molar-refractivity contribution is 0.0733. The van der Waals surface area contributed by atoms with E-state index in [1.54, 1.807) is 4.90 Å². The molecule has 1 aliphatic rings. The Labute approximate surface area is 128 Å². The molecule has 2 rings (SSSR count). The molecule has 1 aromatic rings. The smallest absolute Gasteiger partial charge is 0.264 e. The lowest BCUT2D eigenvalue weighted by Gasteiger charge is -2.24. The summed E-state index contributed by atoms with van der Waals surface area (Å²) < 4.78 is 36.7. The number of likely N-dealkylation sites (tertiary alicyclic amines) is 1. The predicted octanol–water partition coefficient (Wildman–Crippen LogP) is 3.08. The molecule has 116 valence electrons. The van der Waals surface area contributed by atoms with Gasteiger partial charge in [0.05, 0.1) is 0 Å². The first-order chi connectivity index (χ1) is 9.75. The molecule has 1 fully saturated rings. The summed E-state index contributed by atoms with van der Waals surface area (Å²) in [4.78, 5) is 13.6. The van der Waals surface area contributed by atoms with Crippen molar-refractivity contribution in [3.05, 3.63) is 29.1 Å². The van der Waals surface area contributed by atoms with Crippen molar-refractivity contribution in [2.75, 3.05) is 6.54 Å². The molecule has 1 amide bonds. The second-order valence-corrected chi connectivity index (χ2v) is 7.78. The highest BCUT2D eigenvalue weighted by molar-refractivity contribution is 8.13. The van der Waals surface area contributed by atoms with Gasteiger partial charge in [0.25, 0.3) is 15.0 Å². The maximum atomic E-state index is 13.9. The van der Waals surface area contributed by atoms with Crippen LogP contribution in [0.25, 0.3) is 0 Å². The second kappa shape index (κ2) is 5.93. The lowest BCUT2D eigenvalue weighted by Crippen LogP contribution is -2.35. The van der Waals surface area contributed by atoms with Gasteiger partial charge in [0.1, 0.15) is 10.7 Å². The Morgan fingerprint density at radius 1 is 1.48 bits per heavy atom. The van der Waals surface area contributed by atoms with Crippen LogP contribution in [0.5, 0.6) is 0 Å². The standard InChI is InChI=1S/C14H17ClFNO3S/c1-3-11-5-4-6-17(11)14(18)10-7-9(2)13(16)12(8-10)21(15,19)20/h7-8,11H,3-6H2,1-2H3. The summed E-state index contributed by atoms with van der Waals surface area (Å²) in [7, 11) is 1.01. The number of carbonyl (C=O) groups is 1. The number of halogens is 2. The van der Waals surface area contributed by atoms with Crippen LogP contribution in [0.2, 0.25) is 0 Å². The molecular formula is C14H17ClFNO3S. The van der Waals surface area contributed by atoms with E-state index in [1.807, 2.05) is 6.92 Å². The molecule has 0 bridgehead atoms. The van der Waals surface area contributed by atoms with E-state index in [0.29, 0.717) is 6.54 Å². The zero-order valence-corrected chi connectivity index (χ0v) is 13.5. The first kappa shape index (κ1) is 16.2. The SMILES string of the molecule is CCC1CCCN1C(=O)c1cc(C)c(F)c(S(=O)(=O)Cl)c1. The highest BCUT2D eigenvalue weighted by atomic mass is 35.7. The topological polar surface area (TPSA) is 54.5 Å². The zero-order chi connectivity index (χ0) is 15.8. The van der Waals surface area contributed by atoms with Crippen molar-refractivity contribution in [2.45, 2.75) is 44.0 Å². The molecule has 7 heteroatoms. The van der Waals surface area contributed by atoms with E-state index in [9.17, 15) is 17.6 Å². The van der Waals surface area contributed by atoms with Crippen molar-refractivity contribution in [3.63, 3.8) is 0 Å². The molecule has 0 spiro atoms.